The number of nitrogens with zero attached hydrogens (tertiary/aromatic N) is 1. The Balaban J connectivity index is 2.08. The molecule has 0 saturated heterocycles. The number of rotatable bonds is 6. The van der Waals surface area contributed by atoms with Crippen LogP contribution in [0.1, 0.15) is 30.9 Å². The molecule has 1 N–H and O–H groups in total. The van der Waals surface area contributed by atoms with Crippen molar-refractivity contribution in [1.29, 1.82) is 0 Å². The molecule has 0 bridgehead atoms. The van der Waals surface area contributed by atoms with E-state index in [1.165, 1.54) is 5.56 Å². The Labute approximate surface area is 113 Å². The molecule has 1 amide bonds. The summed E-state index contributed by atoms with van der Waals surface area (Å²) in [7, 11) is 1.91. The van der Waals surface area contributed by atoms with Gasteiger partial charge in [0.1, 0.15) is 5.78 Å². The molecule has 1 aromatic rings. The Hall–Kier alpha value is -1.68. The number of hydrogen-bond donors (Lipinski definition) is 1. The number of amides is 1. The molecule has 1 heterocycles. The number of carbonyl (C=O) groups is 2. The van der Waals surface area contributed by atoms with Gasteiger partial charge in [-0.1, -0.05) is 12.1 Å². The maximum Gasteiger partial charge on any atom is 0.231 e. The summed E-state index contributed by atoms with van der Waals surface area (Å²) < 4.78 is 0. The van der Waals surface area contributed by atoms with E-state index < -0.39 is 0 Å². The maximum absolute atomic E-state index is 12.0. The predicted octanol–water partition coefficient (Wildman–Crippen LogP) is 1.66. The highest BCUT2D eigenvalue weighted by Gasteiger charge is 2.26. The lowest BCUT2D eigenvalue weighted by Crippen LogP contribution is -2.28. The molecule has 0 radical (unpaired) electrons. The molecule has 102 valence electrons. The highest BCUT2D eigenvalue weighted by atomic mass is 16.2. The molecule has 0 atom stereocenters. The number of hydrogen-bond acceptors (Lipinski definition) is 3. The molecule has 0 aromatic heterocycles. The van der Waals surface area contributed by atoms with Gasteiger partial charge in [-0.3, -0.25) is 4.79 Å². The number of Topliss-reactive ketones (excluding diaryl/α,β-unsaturated/α-hetero) is 1. The number of ketones is 1. The summed E-state index contributed by atoms with van der Waals surface area (Å²) in [5.74, 6) is 0.316. The molecule has 1 aliphatic heterocycles. The van der Waals surface area contributed by atoms with Crippen molar-refractivity contribution < 1.29 is 9.59 Å². The Morgan fingerprint density at radius 2 is 2.21 bits per heavy atom. The van der Waals surface area contributed by atoms with Crippen LogP contribution in [0.25, 0.3) is 0 Å². The largest absolute Gasteiger partial charge is 0.316 e. The van der Waals surface area contributed by atoms with Crippen LogP contribution in [0.4, 0.5) is 5.69 Å². The lowest BCUT2D eigenvalue weighted by atomic mass is 10.1. The fraction of sp³-hybridized carbons (Fsp3) is 0.467. The van der Waals surface area contributed by atoms with Crippen molar-refractivity contribution in [2.45, 2.75) is 32.7 Å². The van der Waals surface area contributed by atoms with Gasteiger partial charge in [0, 0.05) is 25.2 Å². The maximum atomic E-state index is 12.0. The molecular formula is C15H20N2O2. The summed E-state index contributed by atoms with van der Waals surface area (Å²) in [5.41, 5.74) is 3.30. The van der Waals surface area contributed by atoms with Crippen LogP contribution in [-0.2, 0) is 22.6 Å². The van der Waals surface area contributed by atoms with Crippen LogP contribution in [0.15, 0.2) is 18.2 Å². The molecule has 1 aliphatic rings. The lowest BCUT2D eigenvalue weighted by Gasteiger charge is -2.17. The van der Waals surface area contributed by atoms with Gasteiger partial charge in [0.25, 0.3) is 0 Å². The standard InChI is InChI=1S/C15H20N2O2/c1-11(18)4-3-7-17-14-6-5-12(10-16-2)8-13(14)9-15(17)19/h5-6,8,16H,3-4,7,9-10H2,1-2H3. The Morgan fingerprint density at radius 1 is 1.42 bits per heavy atom. The van der Waals surface area contributed by atoms with E-state index in [9.17, 15) is 9.59 Å². The lowest BCUT2D eigenvalue weighted by molar-refractivity contribution is -0.118. The van der Waals surface area contributed by atoms with Gasteiger partial charge in [-0.25, -0.2) is 0 Å². The molecule has 19 heavy (non-hydrogen) atoms. The van der Waals surface area contributed by atoms with Crippen LogP contribution < -0.4 is 10.2 Å². The first kappa shape index (κ1) is 13.7. The van der Waals surface area contributed by atoms with E-state index >= 15 is 0 Å². The second kappa shape index (κ2) is 5.97. The summed E-state index contributed by atoms with van der Waals surface area (Å²) in [4.78, 5) is 24.8. The van der Waals surface area contributed by atoms with Gasteiger partial charge in [-0.2, -0.15) is 0 Å². The van der Waals surface area contributed by atoms with Crippen molar-refractivity contribution in [2.75, 3.05) is 18.5 Å². The third-order valence-electron chi connectivity index (χ3n) is 3.37. The summed E-state index contributed by atoms with van der Waals surface area (Å²) in [6.07, 6.45) is 1.75. The zero-order valence-corrected chi connectivity index (χ0v) is 11.5. The first-order valence-corrected chi connectivity index (χ1v) is 6.68. The Kier molecular flexibility index (Phi) is 4.32. The van der Waals surface area contributed by atoms with Crippen molar-refractivity contribution in [3.63, 3.8) is 0 Å². The van der Waals surface area contributed by atoms with Gasteiger partial charge in [0.2, 0.25) is 5.91 Å². The first-order valence-electron chi connectivity index (χ1n) is 6.68. The van der Waals surface area contributed by atoms with Crippen molar-refractivity contribution in [3.8, 4) is 0 Å². The minimum absolute atomic E-state index is 0.139. The third-order valence-corrected chi connectivity index (χ3v) is 3.37. The SMILES string of the molecule is CNCc1ccc2c(c1)CC(=O)N2CCCC(C)=O. The normalized spacial score (nSPS) is 13.8. The second-order valence-electron chi connectivity index (χ2n) is 5.02. The van der Waals surface area contributed by atoms with Crippen LogP contribution in [0.5, 0.6) is 0 Å². The van der Waals surface area contributed by atoms with Crippen molar-refractivity contribution in [3.05, 3.63) is 29.3 Å². The van der Waals surface area contributed by atoms with Gasteiger partial charge in [-0.05, 0) is 37.6 Å². The van der Waals surface area contributed by atoms with Gasteiger partial charge in [0.05, 0.1) is 6.42 Å². The van der Waals surface area contributed by atoms with E-state index in [1.807, 2.05) is 19.2 Å². The number of nitrogens with one attached hydrogen (secondary N) is 1. The second-order valence-corrected chi connectivity index (χ2v) is 5.02. The van der Waals surface area contributed by atoms with E-state index in [0.717, 1.165) is 24.2 Å². The van der Waals surface area contributed by atoms with E-state index in [-0.39, 0.29) is 11.7 Å². The molecule has 4 nitrogen and oxygen atoms in total. The average Bonchev–Trinajstić information content (AvgIpc) is 2.65. The topological polar surface area (TPSA) is 49.4 Å². The van der Waals surface area contributed by atoms with E-state index in [4.69, 9.17) is 0 Å². The zero-order chi connectivity index (χ0) is 13.8. The van der Waals surface area contributed by atoms with E-state index in [2.05, 4.69) is 11.4 Å². The highest BCUT2D eigenvalue weighted by molar-refractivity contribution is 6.01. The van der Waals surface area contributed by atoms with Crippen molar-refractivity contribution in [1.82, 2.24) is 5.32 Å². The highest BCUT2D eigenvalue weighted by Crippen LogP contribution is 2.30. The number of anilines is 1. The average molecular weight is 260 g/mol. The summed E-state index contributed by atoms with van der Waals surface area (Å²) in [6, 6.07) is 6.15. The fourth-order valence-electron chi connectivity index (χ4n) is 2.48. The zero-order valence-electron chi connectivity index (χ0n) is 11.5. The quantitative estimate of drug-likeness (QED) is 0.846. The Morgan fingerprint density at radius 3 is 2.89 bits per heavy atom. The number of benzene rings is 1. The van der Waals surface area contributed by atoms with E-state index in [0.29, 0.717) is 19.4 Å². The summed E-state index contributed by atoms with van der Waals surface area (Å²) >= 11 is 0. The minimum atomic E-state index is 0.139. The van der Waals surface area contributed by atoms with Crippen LogP contribution >= 0.6 is 0 Å². The van der Waals surface area contributed by atoms with Crippen molar-refractivity contribution >= 4 is 17.4 Å². The molecule has 4 heteroatoms. The van der Waals surface area contributed by atoms with Crippen LogP contribution in [0.3, 0.4) is 0 Å². The number of fused-ring (bicyclic) bond motifs is 1. The molecule has 0 saturated carbocycles. The molecule has 2 rings (SSSR count). The molecule has 0 aliphatic carbocycles. The van der Waals surface area contributed by atoms with Gasteiger partial charge < -0.3 is 15.0 Å². The van der Waals surface area contributed by atoms with Gasteiger partial charge in [-0.15, -0.1) is 0 Å². The third kappa shape index (κ3) is 3.20. The summed E-state index contributed by atoms with van der Waals surface area (Å²) in [6.45, 7) is 3.03. The molecule has 0 unspecified atom stereocenters. The monoisotopic (exact) mass is 260 g/mol. The molecule has 0 spiro atoms. The molecular weight excluding hydrogens is 240 g/mol. The Bertz CT molecular complexity index is 497. The number of carbonyl (C=O) groups excluding carboxylic acids is 2. The minimum Gasteiger partial charge on any atom is -0.316 e. The van der Waals surface area contributed by atoms with Crippen LogP contribution in [0.2, 0.25) is 0 Å². The predicted molar refractivity (Wildman–Crippen MR) is 75.2 cm³/mol. The van der Waals surface area contributed by atoms with Crippen LogP contribution in [-0.4, -0.2) is 25.3 Å². The van der Waals surface area contributed by atoms with Gasteiger partial charge in [0.15, 0.2) is 0 Å². The fourth-order valence-corrected chi connectivity index (χ4v) is 2.48. The van der Waals surface area contributed by atoms with E-state index in [1.54, 1.807) is 11.8 Å². The summed E-state index contributed by atoms with van der Waals surface area (Å²) in [5, 5.41) is 3.11. The van der Waals surface area contributed by atoms with Crippen LogP contribution in [0, 0.1) is 0 Å². The van der Waals surface area contributed by atoms with Crippen molar-refractivity contribution in [2.24, 2.45) is 0 Å². The van der Waals surface area contributed by atoms with Gasteiger partial charge >= 0.3 is 0 Å². The molecule has 1 aromatic carbocycles. The molecule has 0 fully saturated rings. The first-order chi connectivity index (χ1) is 9.11. The smallest absolute Gasteiger partial charge is 0.231 e.